The number of nitrogens with zero attached hydrogens (tertiary/aromatic N) is 2. The van der Waals surface area contributed by atoms with Crippen molar-refractivity contribution in [3.05, 3.63) is 83.6 Å². The molecule has 8 heteroatoms. The summed E-state index contributed by atoms with van der Waals surface area (Å²) in [6.07, 6.45) is 9.91. The number of hydrogen-bond donors (Lipinski definition) is 2. The lowest BCUT2D eigenvalue weighted by Crippen LogP contribution is -2.40. The molecule has 30 heavy (non-hydrogen) atoms. The molecule has 0 aromatic carbocycles. The molecule has 0 spiro atoms. The van der Waals surface area contributed by atoms with E-state index in [1.165, 1.54) is 31.9 Å². The number of esters is 1. The molecular weight excluding hydrogens is 384 g/mol. The third-order valence-corrected chi connectivity index (χ3v) is 4.83. The van der Waals surface area contributed by atoms with E-state index < -0.39 is 12.0 Å². The number of nitrogens with one attached hydrogen (secondary N) is 2. The summed E-state index contributed by atoms with van der Waals surface area (Å²) < 4.78 is 4.89. The number of methoxy groups -OCH3 is 1. The zero-order valence-corrected chi connectivity index (χ0v) is 16.7. The van der Waals surface area contributed by atoms with Crippen molar-refractivity contribution in [2.24, 2.45) is 5.92 Å². The molecule has 2 atom stereocenters. The summed E-state index contributed by atoms with van der Waals surface area (Å²) in [7, 11) is 1.31. The molecule has 0 saturated carbocycles. The van der Waals surface area contributed by atoms with Crippen molar-refractivity contribution in [1.29, 1.82) is 0 Å². The quantitative estimate of drug-likeness (QED) is 0.733. The number of ether oxygens (including phenoxy) is 1. The molecular formula is C22H26N4O4. The van der Waals surface area contributed by atoms with Gasteiger partial charge < -0.3 is 15.4 Å². The number of allylic oxidation sites excluding steroid dienone is 1. The Bertz CT molecular complexity index is 998. The Morgan fingerprint density at radius 2 is 1.57 bits per heavy atom. The highest BCUT2D eigenvalue weighted by Crippen LogP contribution is 2.24. The zero-order valence-electron chi connectivity index (χ0n) is 16.7. The van der Waals surface area contributed by atoms with Crippen LogP contribution in [-0.4, -0.2) is 40.9 Å². The fourth-order valence-electron chi connectivity index (χ4n) is 3.13. The largest absolute Gasteiger partial charge is 0.466 e. The van der Waals surface area contributed by atoms with Crippen molar-refractivity contribution >= 4 is 17.8 Å². The van der Waals surface area contributed by atoms with Gasteiger partial charge in [0.1, 0.15) is 0 Å². The first-order valence-electron chi connectivity index (χ1n) is 9.41. The standard InChI is InChI=1S/C22H22N4O4.2H2/c1-14-18(22(29)30-2)4-3-17(25-20(27)15-5-9-23-10-6-15)13-19(14)26-21(28)16-7-11-24-12-8-16;;/h4-14,19H,3H2,1-2H3,(H,25,27)(H,26,28);2*1H. The Labute approximate surface area is 177 Å². The van der Waals surface area contributed by atoms with E-state index in [0.717, 1.165) is 0 Å². The Morgan fingerprint density at radius 3 is 2.13 bits per heavy atom. The van der Waals surface area contributed by atoms with Crippen LogP contribution in [0.4, 0.5) is 0 Å². The third kappa shape index (κ3) is 4.96. The Kier molecular flexibility index (Phi) is 6.69. The van der Waals surface area contributed by atoms with Gasteiger partial charge in [-0.25, -0.2) is 4.79 Å². The second-order valence-corrected chi connectivity index (χ2v) is 6.76. The average Bonchev–Trinajstić information content (AvgIpc) is 2.93. The van der Waals surface area contributed by atoms with Crippen molar-refractivity contribution in [2.45, 2.75) is 19.4 Å². The van der Waals surface area contributed by atoms with E-state index >= 15 is 0 Å². The van der Waals surface area contributed by atoms with E-state index in [2.05, 4.69) is 20.6 Å². The van der Waals surface area contributed by atoms with Crippen LogP contribution in [0.25, 0.3) is 0 Å². The van der Waals surface area contributed by atoms with Crippen LogP contribution in [0, 0.1) is 5.92 Å². The number of hydrogen-bond acceptors (Lipinski definition) is 6. The van der Waals surface area contributed by atoms with Crippen molar-refractivity contribution in [1.82, 2.24) is 20.6 Å². The molecule has 1 aliphatic rings. The Morgan fingerprint density at radius 1 is 1.00 bits per heavy atom. The summed E-state index contributed by atoms with van der Waals surface area (Å²) in [4.78, 5) is 45.3. The minimum Gasteiger partial charge on any atom is -0.466 e. The van der Waals surface area contributed by atoms with Gasteiger partial charge in [-0.3, -0.25) is 19.6 Å². The van der Waals surface area contributed by atoms with E-state index in [1.807, 2.05) is 6.92 Å². The Balaban J connectivity index is 0.00000256. The molecule has 0 bridgehead atoms. The smallest absolute Gasteiger partial charge is 0.333 e. The van der Waals surface area contributed by atoms with Gasteiger partial charge >= 0.3 is 5.97 Å². The predicted octanol–water partition coefficient (Wildman–Crippen LogP) is 2.52. The maximum Gasteiger partial charge on any atom is 0.333 e. The van der Waals surface area contributed by atoms with Crippen LogP contribution in [0.3, 0.4) is 0 Å². The molecule has 0 fully saturated rings. The van der Waals surface area contributed by atoms with Gasteiger partial charge in [-0.05, 0) is 30.3 Å². The van der Waals surface area contributed by atoms with Crippen LogP contribution < -0.4 is 10.6 Å². The SMILES string of the molecule is COC(=O)C1=CCC(NC(=O)c2ccncc2)=CC(NC(=O)c2ccncc2)C1C.[HH].[HH]. The summed E-state index contributed by atoms with van der Waals surface area (Å²) in [5.41, 5.74) is 1.91. The van der Waals surface area contributed by atoms with Crippen molar-refractivity contribution in [3.8, 4) is 0 Å². The lowest BCUT2D eigenvalue weighted by atomic mass is 9.93. The van der Waals surface area contributed by atoms with Gasteiger partial charge in [0.05, 0.1) is 13.2 Å². The van der Waals surface area contributed by atoms with Crippen LogP contribution in [0.2, 0.25) is 0 Å². The van der Waals surface area contributed by atoms with E-state index in [1.54, 1.807) is 36.4 Å². The van der Waals surface area contributed by atoms with Crippen molar-refractivity contribution in [3.63, 3.8) is 0 Å². The fourth-order valence-corrected chi connectivity index (χ4v) is 3.13. The minimum atomic E-state index is -0.536. The molecule has 2 amide bonds. The third-order valence-electron chi connectivity index (χ3n) is 4.83. The van der Waals surface area contributed by atoms with Crippen LogP contribution in [-0.2, 0) is 9.53 Å². The number of carbonyl (C=O) groups is 3. The maximum absolute atomic E-state index is 12.7. The van der Waals surface area contributed by atoms with Crippen LogP contribution in [0.1, 0.15) is 36.9 Å². The monoisotopic (exact) mass is 410 g/mol. The fraction of sp³-hybridized carbons (Fsp3) is 0.227. The molecule has 2 N–H and O–H groups in total. The highest BCUT2D eigenvalue weighted by molar-refractivity contribution is 5.96. The molecule has 2 heterocycles. The second-order valence-electron chi connectivity index (χ2n) is 6.76. The number of rotatable bonds is 5. The van der Waals surface area contributed by atoms with Gasteiger partial charge in [0.25, 0.3) is 11.8 Å². The molecule has 2 aromatic heterocycles. The van der Waals surface area contributed by atoms with Gasteiger partial charge in [-0.1, -0.05) is 13.0 Å². The van der Waals surface area contributed by atoms with Crippen LogP contribution in [0.15, 0.2) is 72.5 Å². The summed E-state index contributed by atoms with van der Waals surface area (Å²) in [6, 6.07) is 5.88. The molecule has 8 nitrogen and oxygen atoms in total. The van der Waals surface area contributed by atoms with Crippen molar-refractivity contribution in [2.75, 3.05) is 7.11 Å². The lowest BCUT2D eigenvalue weighted by molar-refractivity contribution is -0.136. The molecule has 0 saturated heterocycles. The maximum atomic E-state index is 12.7. The topological polar surface area (TPSA) is 110 Å². The summed E-state index contributed by atoms with van der Waals surface area (Å²) >= 11 is 0. The summed E-state index contributed by atoms with van der Waals surface area (Å²) in [5.74, 6) is -1.44. The number of carbonyl (C=O) groups excluding carboxylic acids is 3. The molecule has 2 aromatic rings. The Hall–Kier alpha value is -3.81. The van der Waals surface area contributed by atoms with Gasteiger partial charge in [0, 0.05) is 62.4 Å². The van der Waals surface area contributed by atoms with E-state index in [9.17, 15) is 14.4 Å². The molecule has 1 aliphatic carbocycles. The number of amides is 2. The summed E-state index contributed by atoms with van der Waals surface area (Å²) in [5, 5.41) is 5.78. The highest BCUT2D eigenvalue weighted by atomic mass is 16.5. The number of pyridine rings is 2. The predicted molar refractivity (Wildman–Crippen MR) is 113 cm³/mol. The van der Waals surface area contributed by atoms with Gasteiger partial charge in [-0.2, -0.15) is 0 Å². The second kappa shape index (κ2) is 9.60. The highest BCUT2D eigenvalue weighted by Gasteiger charge is 2.29. The van der Waals surface area contributed by atoms with Gasteiger partial charge in [0.15, 0.2) is 0 Å². The van der Waals surface area contributed by atoms with Gasteiger partial charge in [-0.15, -0.1) is 0 Å². The van der Waals surface area contributed by atoms with E-state index in [-0.39, 0.29) is 20.6 Å². The molecule has 3 rings (SSSR count). The normalized spacial score (nSPS) is 18.3. The summed E-state index contributed by atoms with van der Waals surface area (Å²) in [6.45, 7) is 1.82. The lowest BCUT2D eigenvalue weighted by Gasteiger charge is -2.23. The molecule has 2 unspecified atom stereocenters. The van der Waals surface area contributed by atoms with Crippen LogP contribution in [0.5, 0.6) is 0 Å². The van der Waals surface area contributed by atoms with Gasteiger partial charge in [0.2, 0.25) is 0 Å². The molecule has 0 radical (unpaired) electrons. The minimum absolute atomic E-state index is 0. The first kappa shape index (κ1) is 20.9. The van der Waals surface area contributed by atoms with E-state index in [0.29, 0.717) is 28.8 Å². The van der Waals surface area contributed by atoms with Crippen molar-refractivity contribution < 1.29 is 22.0 Å². The average molecular weight is 410 g/mol. The molecule has 158 valence electrons. The zero-order chi connectivity index (χ0) is 21.5. The number of aromatic nitrogens is 2. The first-order chi connectivity index (χ1) is 14.5. The molecule has 0 aliphatic heterocycles. The van der Waals surface area contributed by atoms with E-state index in [4.69, 9.17) is 4.74 Å². The first-order valence-corrected chi connectivity index (χ1v) is 9.41. The van der Waals surface area contributed by atoms with Crippen LogP contribution >= 0.6 is 0 Å².